The number of rotatable bonds is 7. The molecule has 0 saturated carbocycles. The maximum Gasteiger partial charge on any atom is 0.213 e. The first kappa shape index (κ1) is 13.8. The van der Waals surface area contributed by atoms with Gasteiger partial charge in [-0.05, 0) is 25.1 Å². The third-order valence-corrected chi connectivity index (χ3v) is 3.54. The Balaban J connectivity index is 1.81. The summed E-state index contributed by atoms with van der Waals surface area (Å²) >= 11 is 1.80. The van der Waals surface area contributed by atoms with Crippen LogP contribution >= 0.6 is 11.3 Å². The molecule has 102 valence electrons. The first-order chi connectivity index (χ1) is 9.28. The molecule has 0 spiro atoms. The van der Waals surface area contributed by atoms with Gasteiger partial charge in [-0.3, -0.25) is 0 Å². The van der Waals surface area contributed by atoms with E-state index in [1.165, 1.54) is 9.75 Å². The standard InChI is InChI=1S/C14H18N2O2S/c1-11-3-5-13(19-11)10-15-12-4-6-14(16-9-12)18-8-7-17-2/h3-6,9,15H,7-8,10H2,1-2H3. The van der Waals surface area contributed by atoms with Crippen molar-refractivity contribution in [1.82, 2.24) is 4.98 Å². The van der Waals surface area contributed by atoms with E-state index in [0.717, 1.165) is 12.2 Å². The maximum absolute atomic E-state index is 5.41. The molecule has 0 saturated heterocycles. The van der Waals surface area contributed by atoms with Crippen molar-refractivity contribution in [2.24, 2.45) is 0 Å². The summed E-state index contributed by atoms with van der Waals surface area (Å²) in [6.45, 7) is 4.02. The monoisotopic (exact) mass is 278 g/mol. The van der Waals surface area contributed by atoms with E-state index in [1.807, 2.05) is 12.1 Å². The third-order valence-electron chi connectivity index (χ3n) is 2.54. The highest BCUT2D eigenvalue weighted by atomic mass is 32.1. The molecule has 0 bridgehead atoms. The van der Waals surface area contributed by atoms with Crippen molar-refractivity contribution in [3.05, 3.63) is 40.2 Å². The van der Waals surface area contributed by atoms with Gasteiger partial charge in [-0.1, -0.05) is 0 Å². The highest BCUT2D eigenvalue weighted by Gasteiger charge is 1.99. The molecule has 2 aromatic heterocycles. The molecular weight excluding hydrogens is 260 g/mol. The van der Waals surface area contributed by atoms with Crippen molar-refractivity contribution in [2.45, 2.75) is 13.5 Å². The minimum absolute atomic E-state index is 0.519. The van der Waals surface area contributed by atoms with Gasteiger partial charge in [-0.25, -0.2) is 4.98 Å². The van der Waals surface area contributed by atoms with E-state index in [2.05, 4.69) is 29.4 Å². The first-order valence-corrected chi connectivity index (χ1v) is 6.96. The lowest BCUT2D eigenvalue weighted by atomic mass is 10.4. The number of ether oxygens (including phenoxy) is 2. The Morgan fingerprint density at radius 2 is 2.11 bits per heavy atom. The summed E-state index contributed by atoms with van der Waals surface area (Å²) in [5.41, 5.74) is 0.991. The molecule has 0 atom stereocenters. The van der Waals surface area contributed by atoms with E-state index < -0.39 is 0 Å². The van der Waals surface area contributed by atoms with E-state index >= 15 is 0 Å². The fourth-order valence-electron chi connectivity index (χ4n) is 1.57. The van der Waals surface area contributed by atoms with Crippen molar-refractivity contribution >= 4 is 17.0 Å². The predicted octanol–water partition coefficient (Wildman–Crippen LogP) is 3.09. The van der Waals surface area contributed by atoms with Crippen molar-refractivity contribution in [1.29, 1.82) is 0 Å². The molecule has 0 aliphatic heterocycles. The van der Waals surface area contributed by atoms with Gasteiger partial charge < -0.3 is 14.8 Å². The zero-order valence-electron chi connectivity index (χ0n) is 11.2. The number of nitrogens with zero attached hydrogens (tertiary/aromatic N) is 1. The Morgan fingerprint density at radius 1 is 1.21 bits per heavy atom. The number of anilines is 1. The minimum Gasteiger partial charge on any atom is -0.475 e. The molecule has 2 heterocycles. The summed E-state index contributed by atoms with van der Waals surface area (Å²) < 4.78 is 10.3. The molecule has 2 rings (SSSR count). The van der Waals surface area contributed by atoms with Gasteiger partial charge in [-0.2, -0.15) is 0 Å². The summed E-state index contributed by atoms with van der Waals surface area (Å²) in [4.78, 5) is 6.88. The van der Waals surface area contributed by atoms with Gasteiger partial charge in [0.25, 0.3) is 0 Å². The molecule has 4 nitrogen and oxygen atoms in total. The van der Waals surface area contributed by atoms with Crippen LogP contribution in [0, 0.1) is 6.92 Å². The molecule has 0 aliphatic rings. The predicted molar refractivity (Wildman–Crippen MR) is 78.0 cm³/mol. The molecule has 0 fully saturated rings. The minimum atomic E-state index is 0.519. The molecule has 2 aromatic rings. The van der Waals surface area contributed by atoms with Crippen molar-refractivity contribution in [3.63, 3.8) is 0 Å². The van der Waals surface area contributed by atoms with Crippen molar-refractivity contribution in [2.75, 3.05) is 25.6 Å². The summed E-state index contributed by atoms with van der Waals surface area (Å²) in [6.07, 6.45) is 1.78. The molecule has 0 aliphatic carbocycles. The van der Waals surface area contributed by atoms with Crippen LogP contribution in [-0.2, 0) is 11.3 Å². The van der Waals surface area contributed by atoms with Gasteiger partial charge in [0.1, 0.15) is 6.61 Å². The number of methoxy groups -OCH3 is 1. The lowest BCUT2D eigenvalue weighted by Gasteiger charge is -2.07. The van der Waals surface area contributed by atoms with Crippen LogP contribution in [0.5, 0.6) is 5.88 Å². The zero-order valence-corrected chi connectivity index (χ0v) is 12.0. The van der Waals surface area contributed by atoms with Gasteiger partial charge in [0.05, 0.1) is 18.5 Å². The largest absolute Gasteiger partial charge is 0.475 e. The van der Waals surface area contributed by atoms with Gasteiger partial charge >= 0.3 is 0 Å². The smallest absolute Gasteiger partial charge is 0.213 e. The maximum atomic E-state index is 5.41. The van der Waals surface area contributed by atoms with E-state index in [0.29, 0.717) is 19.1 Å². The van der Waals surface area contributed by atoms with Crippen LogP contribution in [0.1, 0.15) is 9.75 Å². The van der Waals surface area contributed by atoms with Crippen LogP contribution < -0.4 is 10.1 Å². The Bertz CT molecular complexity index is 496. The molecule has 5 heteroatoms. The van der Waals surface area contributed by atoms with Gasteiger partial charge in [0.2, 0.25) is 5.88 Å². The number of hydrogen-bond acceptors (Lipinski definition) is 5. The molecular formula is C14H18N2O2S. The van der Waals surface area contributed by atoms with Crippen LogP contribution in [0.3, 0.4) is 0 Å². The normalized spacial score (nSPS) is 10.4. The Kier molecular flexibility index (Phi) is 5.18. The molecule has 19 heavy (non-hydrogen) atoms. The summed E-state index contributed by atoms with van der Waals surface area (Å²) in [5, 5.41) is 3.34. The first-order valence-electron chi connectivity index (χ1n) is 6.15. The summed E-state index contributed by atoms with van der Waals surface area (Å²) in [5.74, 6) is 0.620. The lowest BCUT2D eigenvalue weighted by Crippen LogP contribution is -2.05. The lowest BCUT2D eigenvalue weighted by molar-refractivity contribution is 0.144. The van der Waals surface area contributed by atoms with Gasteiger partial charge in [-0.15, -0.1) is 11.3 Å². The number of thiophene rings is 1. The third kappa shape index (κ3) is 4.54. The number of aryl methyl sites for hydroxylation is 1. The van der Waals surface area contributed by atoms with Crippen LogP contribution in [0.2, 0.25) is 0 Å². The number of aromatic nitrogens is 1. The van der Waals surface area contributed by atoms with Gasteiger partial charge in [0, 0.05) is 29.5 Å². The second kappa shape index (κ2) is 7.11. The Morgan fingerprint density at radius 3 is 2.74 bits per heavy atom. The molecule has 0 unspecified atom stereocenters. The van der Waals surface area contributed by atoms with E-state index in [-0.39, 0.29) is 0 Å². The fraction of sp³-hybridized carbons (Fsp3) is 0.357. The van der Waals surface area contributed by atoms with Crippen LogP contribution in [0.15, 0.2) is 30.5 Å². The summed E-state index contributed by atoms with van der Waals surface area (Å²) in [6, 6.07) is 8.10. The second-order valence-electron chi connectivity index (χ2n) is 4.09. The van der Waals surface area contributed by atoms with Crippen molar-refractivity contribution in [3.8, 4) is 5.88 Å². The second-order valence-corrected chi connectivity index (χ2v) is 5.46. The highest BCUT2D eigenvalue weighted by Crippen LogP contribution is 2.17. The quantitative estimate of drug-likeness (QED) is 0.790. The Labute approximate surface area is 117 Å². The van der Waals surface area contributed by atoms with Crippen LogP contribution in [0.25, 0.3) is 0 Å². The van der Waals surface area contributed by atoms with Crippen molar-refractivity contribution < 1.29 is 9.47 Å². The number of hydrogen-bond donors (Lipinski definition) is 1. The SMILES string of the molecule is COCCOc1ccc(NCc2ccc(C)s2)cn1. The molecule has 1 N–H and O–H groups in total. The fourth-order valence-corrected chi connectivity index (χ4v) is 2.40. The van der Waals surface area contributed by atoms with Gasteiger partial charge in [0.15, 0.2) is 0 Å². The Hall–Kier alpha value is -1.59. The summed E-state index contributed by atoms with van der Waals surface area (Å²) in [7, 11) is 1.65. The topological polar surface area (TPSA) is 43.4 Å². The number of nitrogens with one attached hydrogen (secondary N) is 1. The molecule has 0 aromatic carbocycles. The van der Waals surface area contributed by atoms with Crippen LogP contribution in [-0.4, -0.2) is 25.3 Å². The average molecular weight is 278 g/mol. The average Bonchev–Trinajstić information content (AvgIpc) is 2.84. The van der Waals surface area contributed by atoms with E-state index in [9.17, 15) is 0 Å². The number of pyridine rings is 1. The van der Waals surface area contributed by atoms with E-state index in [1.54, 1.807) is 24.6 Å². The molecule has 0 amide bonds. The molecule has 0 radical (unpaired) electrons. The highest BCUT2D eigenvalue weighted by molar-refractivity contribution is 7.11. The van der Waals surface area contributed by atoms with E-state index in [4.69, 9.17) is 9.47 Å². The van der Waals surface area contributed by atoms with Crippen LogP contribution in [0.4, 0.5) is 5.69 Å². The zero-order chi connectivity index (χ0) is 13.5.